The predicted octanol–water partition coefficient (Wildman–Crippen LogP) is 4.65. The number of carbonyl (C=O) groups excluding carboxylic acids is 3. The monoisotopic (exact) mass is 515 g/mol. The summed E-state index contributed by atoms with van der Waals surface area (Å²) in [6.07, 6.45) is 11.9. The van der Waals surface area contributed by atoms with Gasteiger partial charge < -0.3 is 20.3 Å². The van der Waals surface area contributed by atoms with E-state index in [0.717, 1.165) is 32.1 Å². The van der Waals surface area contributed by atoms with Gasteiger partial charge in [-0.2, -0.15) is 11.8 Å². The van der Waals surface area contributed by atoms with Gasteiger partial charge in [0.2, 0.25) is 11.8 Å². The van der Waals surface area contributed by atoms with Crippen molar-refractivity contribution in [3.63, 3.8) is 0 Å². The lowest BCUT2D eigenvalue weighted by Gasteiger charge is -2.43. The summed E-state index contributed by atoms with van der Waals surface area (Å²) in [4.78, 5) is 42.1. The zero-order chi connectivity index (χ0) is 26.7. The summed E-state index contributed by atoms with van der Waals surface area (Å²) in [7, 11) is 0. The molecule has 0 aliphatic heterocycles. The Labute approximate surface area is 220 Å². The lowest BCUT2D eigenvalue weighted by molar-refractivity contribution is -0.147. The van der Waals surface area contributed by atoms with Crippen LogP contribution in [0.5, 0.6) is 0 Å². The number of benzene rings is 1. The minimum absolute atomic E-state index is 0.109. The van der Waals surface area contributed by atoms with Gasteiger partial charge in [0.1, 0.15) is 17.7 Å². The summed E-state index contributed by atoms with van der Waals surface area (Å²) < 4.78 is 5.44. The van der Waals surface area contributed by atoms with E-state index in [0.29, 0.717) is 29.8 Å². The minimum atomic E-state index is -0.885. The molecule has 1 aliphatic carbocycles. The highest BCUT2D eigenvalue weighted by atomic mass is 32.2. The number of carbonyl (C=O) groups is 3. The van der Waals surface area contributed by atoms with Crippen LogP contribution in [0, 0.1) is 12.3 Å². The van der Waals surface area contributed by atoms with E-state index in [9.17, 15) is 14.4 Å². The molecule has 1 aromatic rings. The maximum absolute atomic E-state index is 14.1. The van der Waals surface area contributed by atoms with Crippen LogP contribution < -0.4 is 10.6 Å². The first-order chi connectivity index (χ1) is 17.1. The second kappa shape index (κ2) is 14.2. The number of nitrogens with zero attached hydrogens (tertiary/aromatic N) is 1. The molecule has 7 nitrogen and oxygen atoms in total. The van der Waals surface area contributed by atoms with Crippen molar-refractivity contribution >= 4 is 29.7 Å². The molecular formula is C28H41N3O4S. The highest BCUT2D eigenvalue weighted by molar-refractivity contribution is 7.98. The summed E-state index contributed by atoms with van der Waals surface area (Å²) in [6, 6.07) is 5.44. The van der Waals surface area contributed by atoms with E-state index in [1.165, 1.54) is 0 Å². The van der Waals surface area contributed by atoms with Crippen molar-refractivity contribution in [2.45, 2.75) is 89.9 Å². The molecule has 198 valence electrons. The standard InChI is InChI=1S/C28H41N3O4S/c1-7-9-18-29-25(32)24(22-16-11-10-13-20(22)8-2)31(21-14-12-15-21)26(33)23(17-19-36-6)30-27(34)35-28(3,4)5/h2,10-11,13,16,21,23-24H,7,9,12,14-15,17-19H2,1,3-6H3,(H,29,32)(H,30,34). The third-order valence-corrected chi connectivity index (χ3v) is 6.73. The molecule has 0 radical (unpaired) electrons. The van der Waals surface area contributed by atoms with Crippen LogP contribution in [-0.2, 0) is 14.3 Å². The van der Waals surface area contributed by atoms with Crippen molar-refractivity contribution in [2.75, 3.05) is 18.6 Å². The number of hydrogen-bond donors (Lipinski definition) is 2. The summed E-state index contributed by atoms with van der Waals surface area (Å²) in [6.45, 7) is 7.90. The topological polar surface area (TPSA) is 87.7 Å². The Morgan fingerprint density at radius 2 is 1.94 bits per heavy atom. The first kappa shape index (κ1) is 29.6. The second-order valence-corrected chi connectivity index (χ2v) is 11.1. The number of terminal acetylenes is 1. The van der Waals surface area contributed by atoms with Gasteiger partial charge in [0.05, 0.1) is 0 Å². The predicted molar refractivity (Wildman–Crippen MR) is 146 cm³/mol. The third-order valence-electron chi connectivity index (χ3n) is 6.09. The molecule has 1 fully saturated rings. The van der Waals surface area contributed by atoms with Gasteiger partial charge in [0.25, 0.3) is 0 Å². The highest BCUT2D eigenvalue weighted by Gasteiger charge is 2.42. The summed E-state index contributed by atoms with van der Waals surface area (Å²) in [5, 5.41) is 5.79. The summed E-state index contributed by atoms with van der Waals surface area (Å²) >= 11 is 1.59. The number of amides is 3. The van der Waals surface area contributed by atoms with E-state index in [2.05, 4.69) is 23.5 Å². The van der Waals surface area contributed by atoms with E-state index >= 15 is 0 Å². The van der Waals surface area contributed by atoms with Crippen LogP contribution in [0.25, 0.3) is 0 Å². The molecule has 0 aromatic heterocycles. The number of ether oxygens (including phenoxy) is 1. The SMILES string of the molecule is C#Cc1ccccc1C(C(=O)NCCCC)N(C(=O)C(CCSC)NC(=O)OC(C)(C)C)C1CCC1. The molecule has 3 amide bonds. The second-order valence-electron chi connectivity index (χ2n) is 10.1. The molecule has 0 spiro atoms. The Kier molecular flexibility index (Phi) is 11.6. The van der Waals surface area contributed by atoms with Gasteiger partial charge in [-0.15, -0.1) is 6.42 Å². The molecule has 2 N–H and O–H groups in total. The first-order valence-electron chi connectivity index (χ1n) is 12.8. The molecule has 2 rings (SSSR count). The average Bonchev–Trinajstić information content (AvgIpc) is 2.79. The molecule has 2 unspecified atom stereocenters. The first-order valence-corrected chi connectivity index (χ1v) is 14.2. The molecule has 0 heterocycles. The van der Waals surface area contributed by atoms with Gasteiger partial charge >= 0.3 is 6.09 Å². The molecule has 1 aliphatic rings. The van der Waals surface area contributed by atoms with Crippen molar-refractivity contribution in [2.24, 2.45) is 0 Å². The Morgan fingerprint density at radius 3 is 2.50 bits per heavy atom. The van der Waals surface area contributed by atoms with Crippen molar-refractivity contribution in [1.82, 2.24) is 15.5 Å². The summed E-state index contributed by atoms with van der Waals surface area (Å²) in [5.41, 5.74) is 0.499. The Morgan fingerprint density at radius 1 is 1.25 bits per heavy atom. The lowest BCUT2D eigenvalue weighted by atomic mass is 9.87. The Balaban J connectivity index is 2.49. The van der Waals surface area contributed by atoms with Gasteiger partial charge in [0.15, 0.2) is 0 Å². The third kappa shape index (κ3) is 8.48. The van der Waals surface area contributed by atoms with Crippen LogP contribution in [0.15, 0.2) is 24.3 Å². The Hall–Kier alpha value is -2.66. The van der Waals surface area contributed by atoms with Crippen LogP contribution in [0.2, 0.25) is 0 Å². The van der Waals surface area contributed by atoms with Crippen LogP contribution in [0.1, 0.15) is 83.4 Å². The molecule has 2 atom stereocenters. The van der Waals surface area contributed by atoms with E-state index in [-0.39, 0.29) is 17.9 Å². The number of thioether (sulfide) groups is 1. The number of rotatable bonds is 12. The quantitative estimate of drug-likeness (QED) is 0.312. The van der Waals surface area contributed by atoms with Gasteiger partial charge in [-0.1, -0.05) is 37.5 Å². The van der Waals surface area contributed by atoms with E-state index in [1.807, 2.05) is 24.5 Å². The molecule has 8 heteroatoms. The lowest BCUT2D eigenvalue weighted by Crippen LogP contribution is -2.57. The van der Waals surface area contributed by atoms with Gasteiger partial charge in [-0.05, 0) is 76.5 Å². The van der Waals surface area contributed by atoms with Crippen LogP contribution >= 0.6 is 11.8 Å². The number of nitrogens with one attached hydrogen (secondary N) is 2. The molecule has 1 saturated carbocycles. The van der Waals surface area contributed by atoms with E-state index < -0.39 is 23.8 Å². The number of alkyl carbamates (subject to hydrolysis) is 1. The maximum Gasteiger partial charge on any atom is 0.408 e. The molecule has 0 bridgehead atoms. The highest BCUT2D eigenvalue weighted by Crippen LogP contribution is 2.35. The smallest absolute Gasteiger partial charge is 0.408 e. The largest absolute Gasteiger partial charge is 0.444 e. The molecule has 0 saturated heterocycles. The molecular weight excluding hydrogens is 474 g/mol. The average molecular weight is 516 g/mol. The van der Waals surface area contributed by atoms with Gasteiger partial charge in [0, 0.05) is 18.2 Å². The normalized spacial score (nSPS) is 15.1. The van der Waals surface area contributed by atoms with Crippen LogP contribution in [0.4, 0.5) is 4.79 Å². The Bertz CT molecular complexity index is 933. The molecule has 36 heavy (non-hydrogen) atoms. The van der Waals surface area contributed by atoms with Crippen molar-refractivity contribution < 1.29 is 19.1 Å². The van der Waals surface area contributed by atoms with Gasteiger partial charge in [-0.25, -0.2) is 4.79 Å². The number of unbranched alkanes of at least 4 members (excludes halogenated alkanes) is 1. The van der Waals surface area contributed by atoms with Crippen LogP contribution in [0.3, 0.4) is 0 Å². The van der Waals surface area contributed by atoms with E-state index in [1.54, 1.807) is 43.5 Å². The maximum atomic E-state index is 14.1. The van der Waals surface area contributed by atoms with E-state index in [4.69, 9.17) is 11.2 Å². The zero-order valence-corrected chi connectivity index (χ0v) is 23.1. The number of hydrogen-bond acceptors (Lipinski definition) is 5. The zero-order valence-electron chi connectivity index (χ0n) is 22.3. The fraction of sp³-hybridized carbons (Fsp3) is 0.607. The van der Waals surface area contributed by atoms with Crippen molar-refractivity contribution in [3.8, 4) is 12.3 Å². The summed E-state index contributed by atoms with van der Waals surface area (Å²) in [5.74, 6) is 2.80. The van der Waals surface area contributed by atoms with Gasteiger partial charge in [-0.3, -0.25) is 9.59 Å². The van der Waals surface area contributed by atoms with Crippen molar-refractivity contribution in [3.05, 3.63) is 35.4 Å². The van der Waals surface area contributed by atoms with Crippen LogP contribution in [-0.4, -0.2) is 59.0 Å². The van der Waals surface area contributed by atoms with Crippen molar-refractivity contribution in [1.29, 1.82) is 0 Å². The fourth-order valence-corrected chi connectivity index (χ4v) is 4.55. The fourth-order valence-electron chi connectivity index (χ4n) is 4.08. The molecule has 1 aromatic carbocycles. The minimum Gasteiger partial charge on any atom is -0.444 e.